The Morgan fingerprint density at radius 2 is 1.79 bits per heavy atom. The summed E-state index contributed by atoms with van der Waals surface area (Å²) in [4.78, 5) is 12.5. The number of rotatable bonds is 5. The topological polar surface area (TPSA) is 66.8 Å². The van der Waals surface area contributed by atoms with Crippen LogP contribution in [0, 0.1) is 11.8 Å². The fourth-order valence-corrected chi connectivity index (χ4v) is 3.11. The summed E-state index contributed by atoms with van der Waals surface area (Å²) in [5.41, 5.74) is 1.04. The van der Waals surface area contributed by atoms with Crippen LogP contribution < -0.4 is 4.74 Å². The van der Waals surface area contributed by atoms with Crippen LogP contribution in [0.3, 0.4) is 0 Å². The monoisotopic (exact) mass is 334 g/mol. The van der Waals surface area contributed by atoms with Crippen LogP contribution in [0.25, 0.3) is 0 Å². The lowest BCUT2D eigenvalue weighted by Gasteiger charge is -2.35. The maximum atomic E-state index is 12.5. The highest BCUT2D eigenvalue weighted by Gasteiger charge is 2.35. The number of hydrogen-bond donors (Lipinski definition) is 2. The van der Waals surface area contributed by atoms with Gasteiger partial charge in [-0.2, -0.15) is 0 Å². The van der Waals surface area contributed by atoms with E-state index in [4.69, 9.17) is 4.74 Å². The molecule has 0 aromatic heterocycles. The second kappa shape index (κ2) is 6.66. The molecule has 2 N–H and O–H groups in total. The van der Waals surface area contributed by atoms with E-state index in [1.54, 1.807) is 13.8 Å². The van der Waals surface area contributed by atoms with Gasteiger partial charge < -0.3 is 14.9 Å². The minimum absolute atomic E-state index is 0.0609. The summed E-state index contributed by atoms with van der Waals surface area (Å²) in [7, 11) is 0. The van der Waals surface area contributed by atoms with Crippen molar-refractivity contribution in [3.05, 3.63) is 16.7 Å². The number of phenolic OH excluding ortho intramolecular Hbond substituents is 2. The van der Waals surface area contributed by atoms with Crippen molar-refractivity contribution >= 4 is 5.78 Å². The molecule has 2 rings (SSSR count). The molecule has 0 amide bonds. The molecule has 1 aliphatic rings. The molecule has 4 nitrogen and oxygen atoms in total. The van der Waals surface area contributed by atoms with E-state index in [0.29, 0.717) is 35.6 Å². The zero-order valence-electron chi connectivity index (χ0n) is 15.7. The van der Waals surface area contributed by atoms with Crippen molar-refractivity contribution in [2.75, 3.05) is 0 Å². The molecule has 0 atom stereocenters. The van der Waals surface area contributed by atoms with E-state index in [1.165, 1.54) is 0 Å². The van der Waals surface area contributed by atoms with Crippen LogP contribution in [0.5, 0.6) is 17.2 Å². The lowest BCUT2D eigenvalue weighted by atomic mass is 9.86. The predicted molar refractivity (Wildman–Crippen MR) is 95.1 cm³/mol. The highest BCUT2D eigenvalue weighted by atomic mass is 16.5. The van der Waals surface area contributed by atoms with Crippen molar-refractivity contribution in [1.82, 2.24) is 0 Å². The molecule has 0 unspecified atom stereocenters. The Labute approximate surface area is 144 Å². The van der Waals surface area contributed by atoms with Crippen LogP contribution in [0.1, 0.15) is 75.9 Å². The second-order valence-electron chi connectivity index (χ2n) is 8.17. The normalized spacial score (nSPS) is 16.2. The molecular formula is C20H30O4. The molecule has 1 heterocycles. The van der Waals surface area contributed by atoms with Crippen molar-refractivity contribution < 1.29 is 19.7 Å². The van der Waals surface area contributed by atoms with Crippen LogP contribution >= 0.6 is 0 Å². The minimum atomic E-state index is -0.345. The molecule has 0 bridgehead atoms. The first kappa shape index (κ1) is 18.6. The number of ketones is 1. The maximum absolute atomic E-state index is 12.5. The quantitative estimate of drug-likeness (QED) is 0.771. The summed E-state index contributed by atoms with van der Waals surface area (Å²) in [6, 6.07) is 0. The summed E-state index contributed by atoms with van der Waals surface area (Å²) in [6.07, 6.45) is 2.91. The van der Waals surface area contributed by atoms with Gasteiger partial charge in [0.15, 0.2) is 5.78 Å². The smallest absolute Gasteiger partial charge is 0.172 e. The molecule has 0 saturated carbocycles. The van der Waals surface area contributed by atoms with Crippen molar-refractivity contribution in [3.63, 3.8) is 0 Å². The van der Waals surface area contributed by atoms with Gasteiger partial charge in [-0.15, -0.1) is 0 Å². The Morgan fingerprint density at radius 3 is 2.33 bits per heavy atom. The predicted octanol–water partition coefficient (Wildman–Crippen LogP) is 4.63. The van der Waals surface area contributed by atoms with E-state index in [-0.39, 0.29) is 34.4 Å². The van der Waals surface area contributed by atoms with Crippen molar-refractivity contribution in [3.8, 4) is 17.2 Å². The third-order valence-corrected chi connectivity index (χ3v) is 4.69. The molecule has 24 heavy (non-hydrogen) atoms. The zero-order chi connectivity index (χ0) is 18.2. The maximum Gasteiger partial charge on any atom is 0.172 e. The van der Waals surface area contributed by atoms with E-state index in [1.807, 2.05) is 13.8 Å². The Kier molecular flexibility index (Phi) is 5.17. The third kappa shape index (κ3) is 3.52. The van der Waals surface area contributed by atoms with Gasteiger partial charge in [-0.25, -0.2) is 0 Å². The molecular weight excluding hydrogens is 304 g/mol. The number of Topliss-reactive ketones (excluding diaryl/α,β-unsaturated/α-hetero) is 1. The molecule has 1 aromatic rings. The third-order valence-electron chi connectivity index (χ3n) is 4.69. The van der Waals surface area contributed by atoms with Crippen LogP contribution in [-0.4, -0.2) is 21.6 Å². The van der Waals surface area contributed by atoms with Gasteiger partial charge in [-0.1, -0.05) is 27.7 Å². The van der Waals surface area contributed by atoms with E-state index >= 15 is 0 Å². The van der Waals surface area contributed by atoms with Crippen LogP contribution in [0.4, 0.5) is 0 Å². The average molecular weight is 334 g/mol. The van der Waals surface area contributed by atoms with Gasteiger partial charge in [-0.05, 0) is 45.4 Å². The fourth-order valence-electron chi connectivity index (χ4n) is 3.11. The SMILES string of the molecule is CC(C)CCc1c(O)c(C(=O)C(C)C)c(O)c2c1OC(C)(C)CC2. The van der Waals surface area contributed by atoms with Crippen LogP contribution in [0.2, 0.25) is 0 Å². The van der Waals surface area contributed by atoms with Gasteiger partial charge >= 0.3 is 0 Å². The number of phenols is 2. The number of benzene rings is 1. The average Bonchev–Trinajstić information content (AvgIpc) is 2.45. The highest BCUT2D eigenvalue weighted by Crippen LogP contribution is 2.48. The Bertz CT molecular complexity index is 642. The first-order chi connectivity index (χ1) is 11.0. The fraction of sp³-hybridized carbons (Fsp3) is 0.650. The molecule has 0 spiro atoms. The second-order valence-corrected chi connectivity index (χ2v) is 8.17. The number of carbonyl (C=O) groups excluding carboxylic acids is 1. The van der Waals surface area contributed by atoms with E-state index < -0.39 is 0 Å². The number of ether oxygens (including phenoxy) is 1. The highest BCUT2D eigenvalue weighted by molar-refractivity contribution is 6.03. The zero-order valence-corrected chi connectivity index (χ0v) is 15.7. The molecule has 0 saturated heterocycles. The first-order valence-electron chi connectivity index (χ1n) is 8.88. The van der Waals surface area contributed by atoms with Crippen LogP contribution in [0.15, 0.2) is 0 Å². The van der Waals surface area contributed by atoms with Gasteiger partial charge in [0.1, 0.15) is 28.4 Å². The standard InChI is InChI=1S/C20H30O4/c1-11(2)7-8-13-17(22)15(16(21)12(3)4)18(23)14-9-10-20(5,6)24-19(13)14/h11-12,22-23H,7-10H2,1-6H3. The molecule has 1 aliphatic heterocycles. The summed E-state index contributed by atoms with van der Waals surface area (Å²) in [5.74, 6) is 0.299. The summed E-state index contributed by atoms with van der Waals surface area (Å²) < 4.78 is 6.11. The van der Waals surface area contributed by atoms with Gasteiger partial charge in [0, 0.05) is 17.0 Å². The molecule has 4 heteroatoms. The van der Waals surface area contributed by atoms with Gasteiger partial charge in [0.05, 0.1) is 0 Å². The van der Waals surface area contributed by atoms with Crippen molar-refractivity contribution in [2.45, 2.75) is 72.8 Å². The number of fused-ring (bicyclic) bond motifs is 1. The summed E-state index contributed by atoms with van der Waals surface area (Å²) in [6.45, 7) is 11.8. The molecule has 1 aromatic carbocycles. The van der Waals surface area contributed by atoms with E-state index in [9.17, 15) is 15.0 Å². The number of aromatic hydroxyl groups is 2. The minimum Gasteiger partial charge on any atom is -0.507 e. The van der Waals surface area contributed by atoms with Crippen molar-refractivity contribution in [2.24, 2.45) is 11.8 Å². The first-order valence-corrected chi connectivity index (χ1v) is 8.88. The molecule has 134 valence electrons. The van der Waals surface area contributed by atoms with Gasteiger partial charge in [-0.3, -0.25) is 4.79 Å². The Balaban J connectivity index is 2.65. The molecule has 0 fully saturated rings. The number of hydrogen-bond acceptors (Lipinski definition) is 4. The molecule has 0 radical (unpaired) electrons. The lowest BCUT2D eigenvalue weighted by Crippen LogP contribution is -2.33. The van der Waals surface area contributed by atoms with E-state index in [0.717, 1.165) is 12.8 Å². The summed E-state index contributed by atoms with van der Waals surface area (Å²) >= 11 is 0. The lowest BCUT2D eigenvalue weighted by molar-refractivity contribution is 0.0812. The van der Waals surface area contributed by atoms with Crippen molar-refractivity contribution in [1.29, 1.82) is 0 Å². The van der Waals surface area contributed by atoms with Gasteiger partial charge in [0.25, 0.3) is 0 Å². The Morgan fingerprint density at radius 1 is 1.17 bits per heavy atom. The number of carbonyl (C=O) groups is 1. The van der Waals surface area contributed by atoms with E-state index in [2.05, 4.69) is 13.8 Å². The van der Waals surface area contributed by atoms with Crippen LogP contribution in [-0.2, 0) is 12.8 Å². The Hall–Kier alpha value is -1.71. The summed E-state index contributed by atoms with van der Waals surface area (Å²) in [5, 5.41) is 21.4. The largest absolute Gasteiger partial charge is 0.507 e. The van der Waals surface area contributed by atoms with Gasteiger partial charge in [0.2, 0.25) is 0 Å². The molecule has 0 aliphatic carbocycles.